The Morgan fingerprint density at radius 1 is 1.30 bits per heavy atom. The predicted octanol–water partition coefficient (Wildman–Crippen LogP) is 0.325. The van der Waals surface area contributed by atoms with E-state index in [1.807, 2.05) is 0 Å². The number of rotatable bonds is 5. The average Bonchev–Trinajstić information content (AvgIpc) is 2.48. The lowest BCUT2D eigenvalue weighted by atomic mass is 9.98. The van der Waals surface area contributed by atoms with E-state index in [2.05, 4.69) is 5.32 Å². The molecule has 1 atom stereocenters. The van der Waals surface area contributed by atoms with Gasteiger partial charge in [-0.15, -0.1) is 0 Å². The fourth-order valence-corrected chi connectivity index (χ4v) is 3.52. The summed E-state index contributed by atoms with van der Waals surface area (Å²) < 4.78 is 24.5. The highest BCUT2D eigenvalue weighted by molar-refractivity contribution is 7.88. The fraction of sp³-hybridized carbons (Fsp3) is 0.467. The molecule has 0 spiro atoms. The summed E-state index contributed by atoms with van der Waals surface area (Å²) in [6.45, 7) is 0.675. The maximum absolute atomic E-state index is 12.3. The average molecular weight is 339 g/mol. The minimum Gasteiger partial charge on any atom is -0.369 e. The second-order valence-corrected chi connectivity index (χ2v) is 7.77. The molecule has 2 amide bonds. The Hall–Kier alpha value is -1.93. The Kier molecular flexibility index (Phi) is 5.38. The van der Waals surface area contributed by atoms with Crippen molar-refractivity contribution in [2.24, 2.45) is 11.7 Å². The van der Waals surface area contributed by atoms with Gasteiger partial charge in [-0.1, -0.05) is 12.1 Å². The number of piperidine rings is 1. The lowest BCUT2D eigenvalue weighted by Crippen LogP contribution is -2.43. The van der Waals surface area contributed by atoms with Crippen LogP contribution in [0.4, 0.5) is 5.69 Å². The number of hydrogen-bond acceptors (Lipinski definition) is 4. The van der Waals surface area contributed by atoms with Gasteiger partial charge in [-0.3, -0.25) is 9.59 Å². The maximum Gasteiger partial charge on any atom is 0.228 e. The van der Waals surface area contributed by atoms with Crippen molar-refractivity contribution in [1.29, 1.82) is 0 Å². The molecular formula is C15H21N3O4S. The van der Waals surface area contributed by atoms with Crippen LogP contribution >= 0.6 is 0 Å². The van der Waals surface area contributed by atoms with Gasteiger partial charge in [0, 0.05) is 18.8 Å². The van der Waals surface area contributed by atoms with E-state index in [1.165, 1.54) is 4.31 Å². The number of carbonyl (C=O) groups is 2. The number of hydrogen-bond donors (Lipinski definition) is 2. The first-order valence-electron chi connectivity index (χ1n) is 7.39. The summed E-state index contributed by atoms with van der Waals surface area (Å²) in [6, 6.07) is 6.86. The molecule has 1 aromatic carbocycles. The molecule has 0 saturated carbocycles. The van der Waals surface area contributed by atoms with Gasteiger partial charge in [-0.25, -0.2) is 12.7 Å². The van der Waals surface area contributed by atoms with E-state index in [-0.39, 0.29) is 24.8 Å². The SMILES string of the molecule is CS(=O)(=O)N1CCCC(C(=O)Nc2ccc(CC(N)=O)cc2)C1. The highest BCUT2D eigenvalue weighted by atomic mass is 32.2. The maximum atomic E-state index is 12.3. The summed E-state index contributed by atoms with van der Waals surface area (Å²) in [4.78, 5) is 23.1. The zero-order chi connectivity index (χ0) is 17.0. The van der Waals surface area contributed by atoms with Crippen molar-refractivity contribution in [3.63, 3.8) is 0 Å². The first-order valence-corrected chi connectivity index (χ1v) is 9.24. The van der Waals surface area contributed by atoms with E-state index in [0.717, 1.165) is 11.8 Å². The van der Waals surface area contributed by atoms with Crippen molar-refractivity contribution in [2.45, 2.75) is 19.3 Å². The first-order chi connectivity index (χ1) is 10.8. The topological polar surface area (TPSA) is 110 Å². The Morgan fingerprint density at radius 2 is 1.96 bits per heavy atom. The quantitative estimate of drug-likeness (QED) is 0.805. The van der Waals surface area contributed by atoms with Gasteiger partial charge in [0.15, 0.2) is 0 Å². The number of carbonyl (C=O) groups excluding carboxylic acids is 2. The Morgan fingerprint density at radius 3 is 2.52 bits per heavy atom. The van der Waals surface area contributed by atoms with Crippen LogP contribution < -0.4 is 11.1 Å². The highest BCUT2D eigenvalue weighted by Crippen LogP contribution is 2.20. The minimum absolute atomic E-state index is 0.153. The number of nitrogens with zero attached hydrogens (tertiary/aromatic N) is 1. The zero-order valence-electron chi connectivity index (χ0n) is 13.0. The second kappa shape index (κ2) is 7.10. The Labute approximate surface area is 135 Å². The fourth-order valence-electron chi connectivity index (χ4n) is 2.61. The van der Waals surface area contributed by atoms with Crippen LogP contribution in [0, 0.1) is 5.92 Å². The molecule has 0 aromatic heterocycles. The monoisotopic (exact) mass is 339 g/mol. The molecule has 1 aliphatic rings. The van der Waals surface area contributed by atoms with E-state index in [9.17, 15) is 18.0 Å². The van der Waals surface area contributed by atoms with E-state index in [4.69, 9.17) is 5.73 Å². The number of sulfonamides is 1. The summed E-state index contributed by atoms with van der Waals surface area (Å²) in [6.07, 6.45) is 2.64. The molecule has 126 valence electrons. The smallest absolute Gasteiger partial charge is 0.228 e. The van der Waals surface area contributed by atoms with Crippen molar-refractivity contribution < 1.29 is 18.0 Å². The normalized spacial score (nSPS) is 19.3. The van der Waals surface area contributed by atoms with Gasteiger partial charge in [0.1, 0.15) is 0 Å². The molecular weight excluding hydrogens is 318 g/mol. The van der Waals surface area contributed by atoms with E-state index in [0.29, 0.717) is 25.1 Å². The van der Waals surface area contributed by atoms with Crippen molar-refractivity contribution in [1.82, 2.24) is 4.31 Å². The molecule has 1 unspecified atom stereocenters. The number of nitrogens with two attached hydrogens (primary N) is 1. The molecule has 23 heavy (non-hydrogen) atoms. The van der Waals surface area contributed by atoms with E-state index in [1.54, 1.807) is 24.3 Å². The molecule has 1 aromatic rings. The Bertz CT molecular complexity index is 685. The third kappa shape index (κ3) is 5.04. The molecule has 1 saturated heterocycles. The van der Waals surface area contributed by atoms with Crippen LogP contribution in [0.2, 0.25) is 0 Å². The molecule has 2 rings (SSSR count). The summed E-state index contributed by atoms with van der Waals surface area (Å²) in [5.41, 5.74) is 6.51. The van der Waals surface area contributed by atoms with Crippen LogP contribution in [-0.4, -0.2) is 43.9 Å². The number of primary amides is 1. The zero-order valence-corrected chi connectivity index (χ0v) is 13.8. The van der Waals surface area contributed by atoms with Crippen LogP contribution in [0.1, 0.15) is 18.4 Å². The number of amides is 2. The summed E-state index contributed by atoms with van der Waals surface area (Å²) in [7, 11) is -3.27. The molecule has 0 bridgehead atoms. The molecule has 8 heteroatoms. The van der Waals surface area contributed by atoms with Crippen molar-refractivity contribution in [2.75, 3.05) is 24.7 Å². The highest BCUT2D eigenvalue weighted by Gasteiger charge is 2.30. The molecule has 3 N–H and O–H groups in total. The summed E-state index contributed by atoms with van der Waals surface area (Å²) in [5, 5.41) is 2.79. The van der Waals surface area contributed by atoms with Crippen molar-refractivity contribution >= 4 is 27.5 Å². The summed E-state index contributed by atoms with van der Waals surface area (Å²) in [5.74, 6) is -0.963. The van der Waals surface area contributed by atoms with Gasteiger partial charge < -0.3 is 11.1 Å². The lowest BCUT2D eigenvalue weighted by molar-refractivity contribution is -0.121. The van der Waals surface area contributed by atoms with E-state index < -0.39 is 15.9 Å². The van der Waals surface area contributed by atoms with Crippen molar-refractivity contribution in [3.05, 3.63) is 29.8 Å². The van der Waals surface area contributed by atoms with Crippen LogP contribution in [0.15, 0.2) is 24.3 Å². The van der Waals surface area contributed by atoms with Gasteiger partial charge in [0.25, 0.3) is 0 Å². The minimum atomic E-state index is -3.27. The van der Waals surface area contributed by atoms with Crippen LogP contribution in [0.3, 0.4) is 0 Å². The molecule has 1 heterocycles. The van der Waals surface area contributed by atoms with Crippen LogP contribution in [-0.2, 0) is 26.0 Å². The molecule has 1 aliphatic heterocycles. The number of benzene rings is 1. The predicted molar refractivity (Wildman–Crippen MR) is 87.1 cm³/mol. The summed E-state index contributed by atoms with van der Waals surface area (Å²) >= 11 is 0. The molecule has 1 fully saturated rings. The Balaban J connectivity index is 1.97. The van der Waals surface area contributed by atoms with E-state index >= 15 is 0 Å². The second-order valence-electron chi connectivity index (χ2n) is 5.79. The lowest BCUT2D eigenvalue weighted by Gasteiger charge is -2.30. The number of nitrogens with one attached hydrogen (secondary N) is 1. The molecule has 0 aliphatic carbocycles. The van der Waals surface area contributed by atoms with Crippen LogP contribution in [0.25, 0.3) is 0 Å². The van der Waals surface area contributed by atoms with Gasteiger partial charge in [-0.2, -0.15) is 0 Å². The van der Waals surface area contributed by atoms with Gasteiger partial charge in [-0.05, 0) is 30.5 Å². The molecule has 7 nitrogen and oxygen atoms in total. The first kappa shape index (κ1) is 17.4. The van der Waals surface area contributed by atoms with Gasteiger partial charge in [0.2, 0.25) is 21.8 Å². The third-order valence-electron chi connectivity index (χ3n) is 3.82. The third-order valence-corrected chi connectivity index (χ3v) is 5.09. The largest absolute Gasteiger partial charge is 0.369 e. The van der Waals surface area contributed by atoms with Crippen LogP contribution in [0.5, 0.6) is 0 Å². The molecule has 0 radical (unpaired) electrons. The standard InChI is InChI=1S/C15H21N3O4S/c1-23(21,22)18-8-2-3-12(10-18)15(20)17-13-6-4-11(5-7-13)9-14(16)19/h4-7,12H,2-3,8-10H2,1H3,(H2,16,19)(H,17,20). The number of anilines is 1. The van der Waals surface area contributed by atoms with Gasteiger partial charge >= 0.3 is 0 Å². The van der Waals surface area contributed by atoms with Gasteiger partial charge in [0.05, 0.1) is 18.6 Å². The van der Waals surface area contributed by atoms with Crippen molar-refractivity contribution in [3.8, 4) is 0 Å².